The van der Waals surface area contributed by atoms with Crippen LogP contribution in [0.1, 0.15) is 25.7 Å². The summed E-state index contributed by atoms with van der Waals surface area (Å²) in [6.07, 6.45) is 6.69. The Morgan fingerprint density at radius 3 is 2.88 bits per heavy atom. The molecule has 5 rings (SSSR count). The molecule has 0 bridgehead atoms. The number of aliphatic hydroxyl groups excluding tert-OH is 1. The number of nitrogens with zero attached hydrogens (tertiary/aromatic N) is 4. The monoisotopic (exact) mass is 468 g/mol. The molecule has 9 heteroatoms. The number of fused-ring (bicyclic) bond motifs is 1. The number of nitrogens with one attached hydrogen (secondary N) is 2. The maximum Gasteiger partial charge on any atom is 0.236 e. The third-order valence-corrected chi connectivity index (χ3v) is 6.89. The van der Waals surface area contributed by atoms with E-state index in [1.807, 2.05) is 35.4 Å². The summed E-state index contributed by atoms with van der Waals surface area (Å²) in [5.74, 6) is 0.665. The summed E-state index contributed by atoms with van der Waals surface area (Å²) in [6, 6.07) is 8.13. The van der Waals surface area contributed by atoms with Crippen LogP contribution < -0.4 is 5.32 Å². The van der Waals surface area contributed by atoms with Gasteiger partial charge < -0.3 is 20.3 Å². The first-order valence-corrected chi connectivity index (χ1v) is 12.0. The average molecular weight is 469 g/mol. The van der Waals surface area contributed by atoms with E-state index in [9.17, 15) is 9.90 Å². The van der Waals surface area contributed by atoms with Gasteiger partial charge in [0.2, 0.25) is 11.9 Å². The number of amides is 1. The molecular weight excluding hydrogens is 440 g/mol. The van der Waals surface area contributed by atoms with Crippen molar-refractivity contribution in [3.8, 4) is 11.3 Å². The van der Waals surface area contributed by atoms with Crippen LogP contribution in [0.25, 0.3) is 22.2 Å². The van der Waals surface area contributed by atoms with Gasteiger partial charge in [-0.1, -0.05) is 29.8 Å². The Hall–Kier alpha value is -2.68. The van der Waals surface area contributed by atoms with Gasteiger partial charge in [0.15, 0.2) is 0 Å². The summed E-state index contributed by atoms with van der Waals surface area (Å²) < 4.78 is 0. The van der Waals surface area contributed by atoms with Crippen molar-refractivity contribution >= 4 is 34.4 Å². The Bertz CT molecular complexity index is 1130. The largest absolute Gasteiger partial charge is 0.393 e. The van der Waals surface area contributed by atoms with Crippen LogP contribution in [0.2, 0.25) is 5.02 Å². The summed E-state index contributed by atoms with van der Waals surface area (Å²) >= 11 is 6.46. The van der Waals surface area contributed by atoms with Gasteiger partial charge in [0.25, 0.3) is 0 Å². The number of aliphatic hydroxyl groups is 1. The summed E-state index contributed by atoms with van der Waals surface area (Å²) in [5, 5.41) is 14.7. The van der Waals surface area contributed by atoms with E-state index in [-0.39, 0.29) is 18.1 Å². The van der Waals surface area contributed by atoms with Crippen LogP contribution in [0.4, 0.5) is 5.95 Å². The van der Waals surface area contributed by atoms with E-state index < -0.39 is 0 Å². The molecule has 3 aromatic rings. The van der Waals surface area contributed by atoms with E-state index in [4.69, 9.17) is 16.6 Å². The number of piperidine rings is 2. The molecule has 1 aromatic carbocycles. The number of likely N-dealkylation sites (tertiary alicyclic amines) is 2. The molecule has 3 N–H and O–H groups in total. The standard InChI is InChI=1S/C24H29ClN6O2/c25-20-13-27-24(29-23(20)19-12-26-21-6-2-1-5-18(19)21)28-16-4-3-9-31(14-16)22(33)15-30-10-7-17(32)8-11-30/h1-2,5-6,12-13,16-17,26,32H,3-4,7-11,14-15H2,(H,27,28,29). The molecule has 2 saturated heterocycles. The first kappa shape index (κ1) is 22.1. The fourth-order valence-corrected chi connectivity index (χ4v) is 4.96. The smallest absolute Gasteiger partial charge is 0.236 e. The Balaban J connectivity index is 1.25. The second-order valence-electron chi connectivity index (χ2n) is 8.97. The number of hydrogen-bond donors (Lipinski definition) is 3. The highest BCUT2D eigenvalue weighted by atomic mass is 35.5. The first-order chi connectivity index (χ1) is 16.1. The average Bonchev–Trinajstić information content (AvgIpc) is 3.26. The lowest BCUT2D eigenvalue weighted by atomic mass is 10.1. The molecule has 4 heterocycles. The number of aromatic amines is 1. The normalized spacial score (nSPS) is 20.3. The van der Waals surface area contributed by atoms with Crippen molar-refractivity contribution in [2.75, 3.05) is 38.0 Å². The minimum absolute atomic E-state index is 0.0860. The number of anilines is 1. The van der Waals surface area contributed by atoms with Crippen molar-refractivity contribution in [3.63, 3.8) is 0 Å². The van der Waals surface area contributed by atoms with Crippen molar-refractivity contribution in [1.29, 1.82) is 0 Å². The van der Waals surface area contributed by atoms with Crippen LogP contribution in [0.15, 0.2) is 36.7 Å². The van der Waals surface area contributed by atoms with E-state index >= 15 is 0 Å². The Labute approximate surface area is 198 Å². The molecular formula is C24H29ClN6O2. The van der Waals surface area contributed by atoms with Crippen molar-refractivity contribution in [2.45, 2.75) is 37.8 Å². The molecule has 8 nitrogen and oxygen atoms in total. The predicted molar refractivity (Wildman–Crippen MR) is 129 cm³/mol. The maximum absolute atomic E-state index is 12.9. The Morgan fingerprint density at radius 1 is 1.21 bits per heavy atom. The number of rotatable bonds is 5. The molecule has 1 amide bonds. The van der Waals surface area contributed by atoms with Gasteiger partial charge in [-0.25, -0.2) is 9.97 Å². The fraction of sp³-hybridized carbons (Fsp3) is 0.458. The minimum atomic E-state index is -0.228. The maximum atomic E-state index is 12.9. The summed E-state index contributed by atoms with van der Waals surface area (Å²) in [6.45, 7) is 3.37. The highest BCUT2D eigenvalue weighted by Crippen LogP contribution is 2.32. The second-order valence-corrected chi connectivity index (χ2v) is 9.38. The highest BCUT2D eigenvalue weighted by molar-refractivity contribution is 6.33. The number of halogens is 1. The first-order valence-electron chi connectivity index (χ1n) is 11.6. The van der Waals surface area contributed by atoms with E-state index in [2.05, 4.69) is 20.2 Å². The van der Waals surface area contributed by atoms with Crippen LogP contribution >= 0.6 is 11.6 Å². The van der Waals surface area contributed by atoms with Crippen molar-refractivity contribution in [3.05, 3.63) is 41.7 Å². The van der Waals surface area contributed by atoms with Crippen molar-refractivity contribution in [2.24, 2.45) is 0 Å². The van der Waals surface area contributed by atoms with E-state index in [0.717, 1.165) is 61.8 Å². The van der Waals surface area contributed by atoms with Gasteiger partial charge >= 0.3 is 0 Å². The van der Waals surface area contributed by atoms with Crippen molar-refractivity contribution in [1.82, 2.24) is 24.8 Å². The topological polar surface area (TPSA) is 97.4 Å². The molecule has 2 aromatic heterocycles. The number of carbonyl (C=O) groups is 1. The Kier molecular flexibility index (Phi) is 6.48. The lowest BCUT2D eigenvalue weighted by Gasteiger charge is -2.35. The minimum Gasteiger partial charge on any atom is -0.393 e. The molecule has 33 heavy (non-hydrogen) atoms. The van der Waals surface area contributed by atoms with Crippen molar-refractivity contribution < 1.29 is 9.90 Å². The zero-order valence-corrected chi connectivity index (χ0v) is 19.3. The third-order valence-electron chi connectivity index (χ3n) is 6.61. The highest BCUT2D eigenvalue weighted by Gasteiger charge is 2.27. The summed E-state index contributed by atoms with van der Waals surface area (Å²) in [5.41, 5.74) is 2.65. The molecule has 174 valence electrons. The predicted octanol–water partition coefficient (Wildman–Crippen LogP) is 3.14. The van der Waals surface area contributed by atoms with Crippen LogP contribution in [0.3, 0.4) is 0 Å². The zero-order valence-electron chi connectivity index (χ0n) is 18.5. The quantitative estimate of drug-likeness (QED) is 0.532. The van der Waals surface area contributed by atoms with E-state index in [0.29, 0.717) is 29.8 Å². The summed E-state index contributed by atoms with van der Waals surface area (Å²) in [4.78, 5) is 29.3. The van der Waals surface area contributed by atoms with Gasteiger partial charge in [0, 0.05) is 54.9 Å². The second kappa shape index (κ2) is 9.67. The van der Waals surface area contributed by atoms with Gasteiger partial charge in [-0.2, -0.15) is 0 Å². The van der Waals surface area contributed by atoms with E-state index in [1.165, 1.54) is 0 Å². The van der Waals surface area contributed by atoms with Gasteiger partial charge in [-0.3, -0.25) is 9.69 Å². The number of hydrogen-bond acceptors (Lipinski definition) is 6. The number of H-pyrrole nitrogens is 1. The SMILES string of the molecule is O=C(CN1CCC(O)CC1)N1CCCC(Nc2ncc(Cl)c(-c3c[nH]c4ccccc34)n2)C1. The zero-order chi connectivity index (χ0) is 22.8. The number of para-hydroxylation sites is 1. The molecule has 0 saturated carbocycles. The Morgan fingerprint density at radius 2 is 2.03 bits per heavy atom. The summed E-state index contributed by atoms with van der Waals surface area (Å²) in [7, 11) is 0. The van der Waals surface area contributed by atoms with Gasteiger partial charge in [-0.15, -0.1) is 0 Å². The van der Waals surface area contributed by atoms with E-state index in [1.54, 1.807) is 6.20 Å². The van der Waals surface area contributed by atoms with Gasteiger partial charge in [0.05, 0.1) is 29.6 Å². The molecule has 2 fully saturated rings. The molecule has 0 spiro atoms. The van der Waals surface area contributed by atoms with Gasteiger partial charge in [0.1, 0.15) is 0 Å². The van der Waals surface area contributed by atoms with Crippen LogP contribution in [-0.4, -0.2) is 80.6 Å². The van der Waals surface area contributed by atoms with Gasteiger partial charge in [-0.05, 0) is 31.7 Å². The van der Waals surface area contributed by atoms with Crippen LogP contribution in [0.5, 0.6) is 0 Å². The number of aromatic nitrogens is 3. The molecule has 1 unspecified atom stereocenters. The number of carbonyl (C=O) groups excluding carboxylic acids is 1. The molecule has 2 aliphatic rings. The lowest BCUT2D eigenvalue weighted by molar-refractivity contribution is -0.134. The lowest BCUT2D eigenvalue weighted by Crippen LogP contribution is -2.49. The number of benzene rings is 1. The fourth-order valence-electron chi connectivity index (χ4n) is 4.77. The molecule has 0 radical (unpaired) electrons. The third kappa shape index (κ3) is 4.98. The molecule has 0 aliphatic carbocycles. The van der Waals surface area contributed by atoms with Crippen LogP contribution in [-0.2, 0) is 4.79 Å². The van der Waals surface area contributed by atoms with Crippen LogP contribution in [0, 0.1) is 0 Å². The molecule has 1 atom stereocenters. The molecule has 2 aliphatic heterocycles.